The molecule has 0 saturated heterocycles. The van der Waals surface area contributed by atoms with Crippen molar-refractivity contribution in [3.05, 3.63) is 35.1 Å². The molecule has 1 atom stereocenters. The van der Waals surface area contributed by atoms with E-state index in [1.165, 1.54) is 25.3 Å². The molecular weight excluding hydrogens is 201 g/mol. The predicted octanol–water partition coefficient (Wildman–Crippen LogP) is 1.06. The van der Waals surface area contributed by atoms with Crippen LogP contribution in [-0.4, -0.2) is 18.2 Å². The molecule has 0 aliphatic rings. The average molecular weight is 213 g/mol. The lowest BCUT2D eigenvalue weighted by atomic mass is 10.0. The van der Waals surface area contributed by atoms with Crippen LogP contribution in [0.3, 0.4) is 0 Å². The van der Waals surface area contributed by atoms with E-state index in [1.807, 2.05) is 0 Å². The van der Waals surface area contributed by atoms with E-state index in [9.17, 15) is 9.18 Å². The molecular formula is C10H12FNO3. The van der Waals surface area contributed by atoms with Crippen LogP contribution in [-0.2, 0) is 16.1 Å². The Morgan fingerprint density at radius 3 is 2.87 bits per heavy atom. The van der Waals surface area contributed by atoms with E-state index in [4.69, 9.17) is 15.6 Å². The minimum Gasteiger partial charge on any atom is -0.480 e. The number of ether oxygens (including phenoxy) is 1. The van der Waals surface area contributed by atoms with E-state index >= 15 is 0 Å². The highest BCUT2D eigenvalue weighted by atomic mass is 19.1. The molecule has 0 fully saturated rings. The lowest BCUT2D eigenvalue weighted by Gasteiger charge is -2.09. The highest BCUT2D eigenvalue weighted by Crippen LogP contribution is 2.16. The molecule has 15 heavy (non-hydrogen) atoms. The topological polar surface area (TPSA) is 72.5 Å². The smallest absolute Gasteiger partial charge is 0.325 e. The highest BCUT2D eigenvalue weighted by Gasteiger charge is 2.15. The van der Waals surface area contributed by atoms with Crippen LogP contribution in [0.15, 0.2) is 18.2 Å². The van der Waals surface area contributed by atoms with Gasteiger partial charge in [0.05, 0.1) is 6.61 Å². The number of carbonyl (C=O) groups is 1. The number of halogens is 1. The van der Waals surface area contributed by atoms with Crippen molar-refractivity contribution in [2.75, 3.05) is 7.11 Å². The van der Waals surface area contributed by atoms with Crippen molar-refractivity contribution in [2.45, 2.75) is 12.6 Å². The summed E-state index contributed by atoms with van der Waals surface area (Å²) in [5, 5.41) is 8.68. The van der Waals surface area contributed by atoms with Gasteiger partial charge in [-0.05, 0) is 17.7 Å². The molecule has 1 aromatic carbocycles. The number of methoxy groups -OCH3 is 1. The van der Waals surface area contributed by atoms with Gasteiger partial charge in [0.1, 0.15) is 11.9 Å². The summed E-state index contributed by atoms with van der Waals surface area (Å²) in [4.78, 5) is 10.6. The van der Waals surface area contributed by atoms with Crippen molar-refractivity contribution in [2.24, 2.45) is 5.73 Å². The van der Waals surface area contributed by atoms with Gasteiger partial charge in [-0.3, -0.25) is 4.79 Å². The molecule has 0 saturated carbocycles. The standard InChI is InChI=1S/C10H12FNO3/c1-15-5-7-4-6(2-3-8(7)11)9(12)10(13)14/h2-4,9H,5,12H2,1H3,(H,13,14). The van der Waals surface area contributed by atoms with Crippen LogP contribution in [0.2, 0.25) is 0 Å². The molecule has 1 unspecified atom stereocenters. The molecule has 0 heterocycles. The van der Waals surface area contributed by atoms with Crippen LogP contribution in [0.1, 0.15) is 17.2 Å². The second-order valence-corrected chi connectivity index (χ2v) is 3.10. The van der Waals surface area contributed by atoms with Crippen LogP contribution in [0.5, 0.6) is 0 Å². The summed E-state index contributed by atoms with van der Waals surface area (Å²) in [7, 11) is 1.43. The molecule has 0 spiro atoms. The highest BCUT2D eigenvalue weighted by molar-refractivity contribution is 5.75. The summed E-state index contributed by atoms with van der Waals surface area (Å²) in [6.07, 6.45) is 0. The van der Waals surface area contributed by atoms with E-state index in [2.05, 4.69) is 0 Å². The summed E-state index contributed by atoms with van der Waals surface area (Å²) in [6, 6.07) is 2.80. The molecule has 0 radical (unpaired) electrons. The zero-order valence-electron chi connectivity index (χ0n) is 8.24. The molecule has 0 bridgehead atoms. The number of hydrogen-bond donors (Lipinski definition) is 2. The van der Waals surface area contributed by atoms with Crippen molar-refractivity contribution in [1.29, 1.82) is 0 Å². The second kappa shape index (κ2) is 4.86. The first-order chi connectivity index (χ1) is 7.06. The summed E-state index contributed by atoms with van der Waals surface area (Å²) in [6.45, 7) is 0.0893. The Morgan fingerprint density at radius 1 is 1.67 bits per heavy atom. The van der Waals surface area contributed by atoms with Crippen LogP contribution in [0, 0.1) is 5.82 Å². The molecule has 1 aromatic rings. The Hall–Kier alpha value is -1.46. The zero-order valence-corrected chi connectivity index (χ0v) is 8.24. The molecule has 0 aliphatic carbocycles. The van der Waals surface area contributed by atoms with Gasteiger partial charge in [0.25, 0.3) is 0 Å². The number of aliphatic carboxylic acids is 1. The van der Waals surface area contributed by atoms with E-state index in [1.54, 1.807) is 0 Å². The number of rotatable bonds is 4. The maximum atomic E-state index is 13.2. The fraction of sp³-hybridized carbons (Fsp3) is 0.300. The first-order valence-electron chi connectivity index (χ1n) is 4.32. The predicted molar refractivity (Wildman–Crippen MR) is 51.7 cm³/mol. The normalized spacial score (nSPS) is 12.5. The van der Waals surface area contributed by atoms with Crippen LogP contribution < -0.4 is 5.73 Å². The Kier molecular flexibility index (Phi) is 3.76. The molecule has 0 amide bonds. The number of benzene rings is 1. The molecule has 0 aliphatic heterocycles. The van der Waals surface area contributed by atoms with Gasteiger partial charge >= 0.3 is 5.97 Å². The van der Waals surface area contributed by atoms with Gasteiger partial charge in [0, 0.05) is 12.7 Å². The van der Waals surface area contributed by atoms with Crippen molar-refractivity contribution >= 4 is 5.97 Å². The molecule has 4 nitrogen and oxygen atoms in total. The molecule has 1 rings (SSSR count). The van der Waals surface area contributed by atoms with Gasteiger partial charge in [-0.1, -0.05) is 6.07 Å². The van der Waals surface area contributed by atoms with Gasteiger partial charge in [0.2, 0.25) is 0 Å². The third-order valence-corrected chi connectivity index (χ3v) is 1.99. The Balaban J connectivity index is 3.01. The Labute approximate surface area is 86.5 Å². The average Bonchev–Trinajstić information content (AvgIpc) is 2.20. The van der Waals surface area contributed by atoms with Crippen molar-refractivity contribution in [3.8, 4) is 0 Å². The van der Waals surface area contributed by atoms with Crippen LogP contribution in [0.25, 0.3) is 0 Å². The number of hydrogen-bond acceptors (Lipinski definition) is 3. The second-order valence-electron chi connectivity index (χ2n) is 3.10. The zero-order chi connectivity index (χ0) is 11.4. The summed E-state index contributed by atoms with van der Waals surface area (Å²) >= 11 is 0. The fourth-order valence-electron chi connectivity index (χ4n) is 1.20. The SMILES string of the molecule is COCc1cc(C(N)C(=O)O)ccc1F. The lowest BCUT2D eigenvalue weighted by molar-refractivity contribution is -0.138. The van der Waals surface area contributed by atoms with E-state index < -0.39 is 17.8 Å². The number of carboxylic acids is 1. The number of carboxylic acid groups (broad SMARTS) is 1. The summed E-state index contributed by atoms with van der Waals surface area (Å²) in [5.74, 6) is -1.58. The lowest BCUT2D eigenvalue weighted by Crippen LogP contribution is -2.20. The third kappa shape index (κ3) is 2.74. The third-order valence-electron chi connectivity index (χ3n) is 1.99. The molecule has 3 N–H and O–H groups in total. The summed E-state index contributed by atoms with van der Waals surface area (Å²) < 4.78 is 17.9. The van der Waals surface area contributed by atoms with Crippen molar-refractivity contribution in [3.63, 3.8) is 0 Å². The molecule has 82 valence electrons. The first kappa shape index (κ1) is 11.6. The molecule has 0 aromatic heterocycles. The van der Waals surface area contributed by atoms with Crippen LogP contribution >= 0.6 is 0 Å². The fourth-order valence-corrected chi connectivity index (χ4v) is 1.20. The van der Waals surface area contributed by atoms with Gasteiger partial charge in [-0.25, -0.2) is 4.39 Å². The first-order valence-corrected chi connectivity index (χ1v) is 4.32. The van der Waals surface area contributed by atoms with Gasteiger partial charge in [-0.2, -0.15) is 0 Å². The van der Waals surface area contributed by atoms with Crippen molar-refractivity contribution in [1.82, 2.24) is 0 Å². The number of nitrogens with two attached hydrogens (primary N) is 1. The van der Waals surface area contributed by atoms with Gasteiger partial charge in [0.15, 0.2) is 0 Å². The van der Waals surface area contributed by atoms with E-state index in [0.717, 1.165) is 0 Å². The quantitative estimate of drug-likeness (QED) is 0.784. The van der Waals surface area contributed by atoms with Gasteiger partial charge < -0.3 is 15.6 Å². The minimum atomic E-state index is -1.15. The minimum absolute atomic E-state index is 0.0893. The summed E-state index contributed by atoms with van der Waals surface area (Å²) in [5.41, 5.74) is 6.05. The van der Waals surface area contributed by atoms with E-state index in [0.29, 0.717) is 11.1 Å². The Bertz CT molecular complexity index is 368. The Morgan fingerprint density at radius 2 is 2.33 bits per heavy atom. The van der Waals surface area contributed by atoms with Gasteiger partial charge in [-0.15, -0.1) is 0 Å². The van der Waals surface area contributed by atoms with E-state index in [-0.39, 0.29) is 6.61 Å². The van der Waals surface area contributed by atoms with Crippen LogP contribution in [0.4, 0.5) is 4.39 Å². The maximum absolute atomic E-state index is 13.2. The van der Waals surface area contributed by atoms with Crippen molar-refractivity contribution < 1.29 is 19.0 Å². The maximum Gasteiger partial charge on any atom is 0.325 e. The molecule has 5 heteroatoms. The monoisotopic (exact) mass is 213 g/mol. The largest absolute Gasteiger partial charge is 0.480 e.